The smallest absolute Gasteiger partial charge is 0.163 e. The zero-order valence-corrected chi connectivity index (χ0v) is 10.8. The molecule has 2 rings (SSSR count). The molecule has 0 unspecified atom stereocenters. The maximum absolute atomic E-state index is 13.7. The highest BCUT2D eigenvalue weighted by molar-refractivity contribution is 5.19. The van der Waals surface area contributed by atoms with Gasteiger partial charge in [0.15, 0.2) is 11.6 Å². The topological polar surface area (TPSA) is 15.3 Å². The van der Waals surface area contributed by atoms with Crippen LogP contribution in [-0.2, 0) is 6.54 Å². The standard InChI is InChI=1S/C14H20F2N2/c1-2-18(12-6-8-17-9-7-12)10-11-4-3-5-13(15)14(11)16/h3-5,12,17H,2,6-10H2,1H3. The van der Waals surface area contributed by atoms with Gasteiger partial charge in [-0.3, -0.25) is 4.90 Å². The Balaban J connectivity index is 2.07. The molecule has 1 N–H and O–H groups in total. The molecule has 100 valence electrons. The summed E-state index contributed by atoms with van der Waals surface area (Å²) < 4.78 is 26.8. The molecule has 18 heavy (non-hydrogen) atoms. The Kier molecular flexibility index (Phi) is 4.66. The fourth-order valence-corrected chi connectivity index (χ4v) is 2.56. The Morgan fingerprint density at radius 3 is 2.67 bits per heavy atom. The van der Waals surface area contributed by atoms with Crippen LogP contribution in [0.25, 0.3) is 0 Å². The van der Waals surface area contributed by atoms with E-state index >= 15 is 0 Å². The number of hydrogen-bond donors (Lipinski definition) is 1. The number of halogens is 2. The minimum absolute atomic E-state index is 0.454. The number of piperidine rings is 1. The van der Waals surface area contributed by atoms with E-state index in [2.05, 4.69) is 17.1 Å². The summed E-state index contributed by atoms with van der Waals surface area (Å²) in [6.45, 7) is 5.43. The van der Waals surface area contributed by atoms with Gasteiger partial charge in [0.2, 0.25) is 0 Å². The SMILES string of the molecule is CCN(Cc1cccc(F)c1F)C1CCNCC1. The molecule has 2 nitrogen and oxygen atoms in total. The Morgan fingerprint density at radius 2 is 2.00 bits per heavy atom. The van der Waals surface area contributed by atoms with Crippen LogP contribution in [0.2, 0.25) is 0 Å². The number of nitrogens with one attached hydrogen (secondary N) is 1. The van der Waals surface area contributed by atoms with E-state index in [4.69, 9.17) is 0 Å². The molecule has 0 bridgehead atoms. The van der Waals surface area contributed by atoms with E-state index in [0.717, 1.165) is 32.5 Å². The Hall–Kier alpha value is -1.00. The molecule has 4 heteroatoms. The van der Waals surface area contributed by atoms with E-state index < -0.39 is 11.6 Å². The van der Waals surface area contributed by atoms with Crippen molar-refractivity contribution in [1.29, 1.82) is 0 Å². The van der Waals surface area contributed by atoms with Gasteiger partial charge in [-0.05, 0) is 38.5 Å². The summed E-state index contributed by atoms with van der Waals surface area (Å²) in [5.41, 5.74) is 0.454. The summed E-state index contributed by atoms with van der Waals surface area (Å²) >= 11 is 0. The first kappa shape index (κ1) is 13.4. The molecule has 0 saturated carbocycles. The van der Waals surface area contributed by atoms with Gasteiger partial charge in [0.25, 0.3) is 0 Å². The summed E-state index contributed by atoms with van der Waals surface area (Å²) in [6, 6.07) is 4.88. The van der Waals surface area contributed by atoms with Gasteiger partial charge in [0.05, 0.1) is 0 Å². The highest BCUT2D eigenvalue weighted by Crippen LogP contribution is 2.18. The summed E-state index contributed by atoms with van der Waals surface area (Å²) in [5, 5.41) is 3.32. The number of rotatable bonds is 4. The van der Waals surface area contributed by atoms with E-state index in [1.54, 1.807) is 12.1 Å². The van der Waals surface area contributed by atoms with E-state index in [9.17, 15) is 8.78 Å². The van der Waals surface area contributed by atoms with Crippen molar-refractivity contribution in [3.8, 4) is 0 Å². The van der Waals surface area contributed by atoms with Gasteiger partial charge in [-0.15, -0.1) is 0 Å². The molecular weight excluding hydrogens is 234 g/mol. The summed E-state index contributed by atoms with van der Waals surface area (Å²) in [4.78, 5) is 2.23. The lowest BCUT2D eigenvalue weighted by atomic mass is 10.0. The van der Waals surface area contributed by atoms with Crippen LogP contribution in [-0.4, -0.2) is 30.6 Å². The van der Waals surface area contributed by atoms with Crippen LogP contribution in [0.4, 0.5) is 8.78 Å². The number of hydrogen-bond acceptors (Lipinski definition) is 2. The first-order valence-electron chi connectivity index (χ1n) is 6.60. The molecule has 0 aromatic heterocycles. The molecule has 1 aliphatic rings. The predicted molar refractivity (Wildman–Crippen MR) is 68.3 cm³/mol. The van der Waals surface area contributed by atoms with Gasteiger partial charge in [-0.25, -0.2) is 8.78 Å². The lowest BCUT2D eigenvalue weighted by Crippen LogP contribution is -2.42. The molecule has 1 aromatic carbocycles. The van der Waals surface area contributed by atoms with Crippen molar-refractivity contribution in [1.82, 2.24) is 10.2 Å². The van der Waals surface area contributed by atoms with E-state index in [1.165, 1.54) is 6.07 Å². The lowest BCUT2D eigenvalue weighted by molar-refractivity contribution is 0.160. The van der Waals surface area contributed by atoms with Gasteiger partial charge in [0, 0.05) is 18.2 Å². The molecule has 0 radical (unpaired) electrons. The van der Waals surface area contributed by atoms with E-state index in [1.807, 2.05) is 0 Å². The highest BCUT2D eigenvalue weighted by Gasteiger charge is 2.21. The second-order valence-corrected chi connectivity index (χ2v) is 4.76. The van der Waals surface area contributed by atoms with Crippen molar-refractivity contribution in [3.05, 3.63) is 35.4 Å². The molecule has 1 aromatic rings. The second kappa shape index (κ2) is 6.25. The average molecular weight is 254 g/mol. The second-order valence-electron chi connectivity index (χ2n) is 4.76. The minimum Gasteiger partial charge on any atom is -0.317 e. The van der Waals surface area contributed by atoms with Gasteiger partial charge in [-0.1, -0.05) is 19.1 Å². The van der Waals surface area contributed by atoms with Crippen LogP contribution in [0.5, 0.6) is 0 Å². The van der Waals surface area contributed by atoms with Crippen molar-refractivity contribution >= 4 is 0 Å². The lowest BCUT2D eigenvalue weighted by Gasteiger charge is -2.34. The molecule has 0 spiro atoms. The van der Waals surface area contributed by atoms with Gasteiger partial charge < -0.3 is 5.32 Å². The molecule has 1 heterocycles. The summed E-state index contributed by atoms with van der Waals surface area (Å²) in [6.07, 6.45) is 2.15. The van der Waals surface area contributed by atoms with Crippen LogP contribution in [0.1, 0.15) is 25.3 Å². The van der Waals surface area contributed by atoms with Crippen LogP contribution < -0.4 is 5.32 Å². The van der Waals surface area contributed by atoms with Crippen molar-refractivity contribution in [3.63, 3.8) is 0 Å². The first-order chi connectivity index (χ1) is 8.72. The Morgan fingerprint density at radius 1 is 1.28 bits per heavy atom. The largest absolute Gasteiger partial charge is 0.317 e. The maximum Gasteiger partial charge on any atom is 0.163 e. The van der Waals surface area contributed by atoms with Crippen molar-refractivity contribution in [2.24, 2.45) is 0 Å². The first-order valence-corrected chi connectivity index (χ1v) is 6.60. The highest BCUT2D eigenvalue weighted by atomic mass is 19.2. The predicted octanol–water partition coefficient (Wildman–Crippen LogP) is 2.54. The normalized spacial score (nSPS) is 17.3. The molecule has 0 aliphatic carbocycles. The number of benzene rings is 1. The van der Waals surface area contributed by atoms with Crippen LogP contribution >= 0.6 is 0 Å². The van der Waals surface area contributed by atoms with Crippen molar-refractivity contribution in [2.75, 3.05) is 19.6 Å². The van der Waals surface area contributed by atoms with Gasteiger partial charge in [0.1, 0.15) is 0 Å². The third-order valence-corrected chi connectivity index (χ3v) is 3.64. The molecule has 1 fully saturated rings. The van der Waals surface area contributed by atoms with Gasteiger partial charge in [-0.2, -0.15) is 0 Å². The van der Waals surface area contributed by atoms with E-state index in [0.29, 0.717) is 18.2 Å². The van der Waals surface area contributed by atoms with Gasteiger partial charge >= 0.3 is 0 Å². The quantitative estimate of drug-likeness (QED) is 0.888. The Labute approximate surface area is 107 Å². The minimum atomic E-state index is -0.756. The van der Waals surface area contributed by atoms with E-state index in [-0.39, 0.29) is 0 Å². The summed E-state index contributed by atoms with van der Waals surface area (Å²) in [7, 11) is 0. The third-order valence-electron chi connectivity index (χ3n) is 3.64. The third kappa shape index (κ3) is 3.06. The zero-order valence-electron chi connectivity index (χ0n) is 10.8. The zero-order chi connectivity index (χ0) is 13.0. The average Bonchev–Trinajstić information content (AvgIpc) is 2.41. The number of nitrogens with zero attached hydrogens (tertiary/aromatic N) is 1. The fraction of sp³-hybridized carbons (Fsp3) is 0.571. The monoisotopic (exact) mass is 254 g/mol. The molecular formula is C14H20F2N2. The van der Waals surface area contributed by atoms with Crippen molar-refractivity contribution in [2.45, 2.75) is 32.4 Å². The van der Waals surface area contributed by atoms with Crippen LogP contribution in [0.3, 0.4) is 0 Å². The van der Waals surface area contributed by atoms with Crippen molar-refractivity contribution < 1.29 is 8.78 Å². The molecule has 1 saturated heterocycles. The Bertz CT molecular complexity index is 389. The molecule has 1 aliphatic heterocycles. The maximum atomic E-state index is 13.7. The van der Waals surface area contributed by atoms with Crippen LogP contribution in [0.15, 0.2) is 18.2 Å². The van der Waals surface area contributed by atoms with Crippen LogP contribution in [0, 0.1) is 11.6 Å². The molecule has 0 atom stereocenters. The molecule has 0 amide bonds. The fourth-order valence-electron chi connectivity index (χ4n) is 2.56. The summed E-state index contributed by atoms with van der Waals surface area (Å²) in [5.74, 6) is -1.46.